The van der Waals surface area contributed by atoms with Gasteiger partial charge < -0.3 is 5.32 Å². The monoisotopic (exact) mass is 292 g/mol. The standard InChI is InChI=1S/C12H18F2N2O2S/c1-3-15-8-10-6-4-5-7-11(10)19(17,18)16(2)9-12(13)14/h4-7,12,15H,3,8-9H2,1-2H3. The Morgan fingerprint density at radius 3 is 2.53 bits per heavy atom. The van der Waals surface area contributed by atoms with E-state index in [1.165, 1.54) is 6.07 Å². The van der Waals surface area contributed by atoms with Crippen molar-refractivity contribution in [1.29, 1.82) is 0 Å². The quantitative estimate of drug-likeness (QED) is 0.832. The number of nitrogens with zero attached hydrogens (tertiary/aromatic N) is 1. The minimum atomic E-state index is -3.88. The molecule has 0 bridgehead atoms. The highest BCUT2D eigenvalue weighted by molar-refractivity contribution is 7.89. The SMILES string of the molecule is CCNCc1ccccc1S(=O)(=O)N(C)CC(F)F. The van der Waals surface area contributed by atoms with Crippen LogP contribution in [-0.2, 0) is 16.6 Å². The number of halogens is 2. The molecule has 1 aromatic carbocycles. The van der Waals surface area contributed by atoms with E-state index in [9.17, 15) is 17.2 Å². The molecule has 0 heterocycles. The highest BCUT2D eigenvalue weighted by Crippen LogP contribution is 2.19. The molecule has 7 heteroatoms. The Bertz CT molecular complexity index is 506. The summed E-state index contributed by atoms with van der Waals surface area (Å²) in [5, 5.41) is 3.03. The van der Waals surface area contributed by atoms with Crippen molar-refractivity contribution in [3.63, 3.8) is 0 Å². The zero-order valence-electron chi connectivity index (χ0n) is 10.9. The van der Waals surface area contributed by atoms with Gasteiger partial charge in [0, 0.05) is 13.6 Å². The maximum Gasteiger partial charge on any atom is 0.252 e. The summed E-state index contributed by atoms with van der Waals surface area (Å²) >= 11 is 0. The molecule has 1 aromatic rings. The second kappa shape index (κ2) is 6.93. The average Bonchev–Trinajstić information content (AvgIpc) is 2.35. The molecule has 0 aliphatic heterocycles. The Balaban J connectivity index is 3.06. The predicted octanol–water partition coefficient (Wildman–Crippen LogP) is 1.68. The Hall–Kier alpha value is -1.05. The lowest BCUT2D eigenvalue weighted by Gasteiger charge is -2.19. The highest BCUT2D eigenvalue weighted by Gasteiger charge is 2.25. The number of sulfonamides is 1. The molecule has 0 saturated carbocycles. The molecule has 4 nitrogen and oxygen atoms in total. The van der Waals surface area contributed by atoms with Gasteiger partial charge in [-0.3, -0.25) is 0 Å². The minimum Gasteiger partial charge on any atom is -0.313 e. The Morgan fingerprint density at radius 1 is 1.32 bits per heavy atom. The molecular weight excluding hydrogens is 274 g/mol. The van der Waals surface area contributed by atoms with Gasteiger partial charge in [0.05, 0.1) is 11.4 Å². The van der Waals surface area contributed by atoms with E-state index in [0.29, 0.717) is 23.0 Å². The maximum absolute atomic E-state index is 12.3. The lowest BCUT2D eigenvalue weighted by Crippen LogP contribution is -2.32. The van der Waals surface area contributed by atoms with Gasteiger partial charge in [0.15, 0.2) is 0 Å². The van der Waals surface area contributed by atoms with Crippen LogP contribution in [0.4, 0.5) is 8.78 Å². The molecule has 0 fully saturated rings. The number of hydrogen-bond donors (Lipinski definition) is 1. The summed E-state index contributed by atoms with van der Waals surface area (Å²) in [5.74, 6) is 0. The van der Waals surface area contributed by atoms with Crippen LogP contribution in [0, 0.1) is 0 Å². The van der Waals surface area contributed by atoms with Crippen molar-refractivity contribution < 1.29 is 17.2 Å². The molecular formula is C12H18F2N2O2S. The van der Waals surface area contributed by atoms with Crippen LogP contribution >= 0.6 is 0 Å². The van der Waals surface area contributed by atoms with Gasteiger partial charge in [0.2, 0.25) is 10.0 Å². The molecule has 0 amide bonds. The van der Waals surface area contributed by atoms with Gasteiger partial charge in [-0.15, -0.1) is 0 Å². The summed E-state index contributed by atoms with van der Waals surface area (Å²) in [4.78, 5) is 0.0686. The Morgan fingerprint density at radius 2 is 1.95 bits per heavy atom. The summed E-state index contributed by atoms with van der Waals surface area (Å²) in [5.41, 5.74) is 0.575. The van der Waals surface area contributed by atoms with Gasteiger partial charge in [-0.2, -0.15) is 4.31 Å². The number of benzene rings is 1. The first kappa shape index (κ1) is 16.0. The van der Waals surface area contributed by atoms with Gasteiger partial charge in [0.1, 0.15) is 0 Å². The summed E-state index contributed by atoms with van der Waals surface area (Å²) in [6, 6.07) is 6.41. The lowest BCUT2D eigenvalue weighted by atomic mass is 10.2. The fourth-order valence-electron chi connectivity index (χ4n) is 1.62. The second-order valence-corrected chi connectivity index (χ2v) is 6.08. The van der Waals surface area contributed by atoms with Crippen molar-refractivity contribution in [1.82, 2.24) is 9.62 Å². The third-order valence-corrected chi connectivity index (χ3v) is 4.55. The van der Waals surface area contributed by atoms with E-state index in [4.69, 9.17) is 0 Å². The summed E-state index contributed by atoms with van der Waals surface area (Å²) in [6.07, 6.45) is -2.69. The van der Waals surface area contributed by atoms with Gasteiger partial charge in [0.25, 0.3) is 6.43 Å². The van der Waals surface area contributed by atoms with Crippen LogP contribution in [-0.4, -0.2) is 39.3 Å². The summed E-state index contributed by atoms with van der Waals surface area (Å²) < 4.78 is 49.7. The maximum atomic E-state index is 12.3. The van der Waals surface area contributed by atoms with E-state index < -0.39 is 23.0 Å². The average molecular weight is 292 g/mol. The number of alkyl halides is 2. The van der Waals surface area contributed by atoms with Crippen molar-refractivity contribution in [2.45, 2.75) is 24.8 Å². The second-order valence-electron chi connectivity index (χ2n) is 4.06. The van der Waals surface area contributed by atoms with E-state index in [-0.39, 0.29) is 4.90 Å². The van der Waals surface area contributed by atoms with Crippen LogP contribution in [0.1, 0.15) is 12.5 Å². The van der Waals surface area contributed by atoms with Gasteiger partial charge >= 0.3 is 0 Å². The van der Waals surface area contributed by atoms with Crippen LogP contribution in [0.2, 0.25) is 0 Å². The summed E-state index contributed by atoms with van der Waals surface area (Å²) in [7, 11) is -2.72. The lowest BCUT2D eigenvalue weighted by molar-refractivity contribution is 0.126. The molecule has 0 radical (unpaired) electrons. The molecule has 19 heavy (non-hydrogen) atoms. The Labute approximate surface area is 112 Å². The van der Waals surface area contributed by atoms with E-state index in [2.05, 4.69) is 5.32 Å². The molecule has 1 rings (SSSR count). The fourth-order valence-corrected chi connectivity index (χ4v) is 2.99. The first-order valence-corrected chi connectivity index (χ1v) is 7.36. The van der Waals surface area contributed by atoms with Crippen LogP contribution in [0.15, 0.2) is 29.2 Å². The van der Waals surface area contributed by atoms with Crippen molar-refractivity contribution in [3.8, 4) is 0 Å². The Kier molecular flexibility index (Phi) is 5.84. The third-order valence-electron chi connectivity index (χ3n) is 2.62. The molecule has 0 unspecified atom stereocenters. The molecule has 0 aliphatic carbocycles. The van der Waals surface area contributed by atoms with Gasteiger partial charge in [-0.05, 0) is 18.2 Å². The molecule has 108 valence electrons. The number of nitrogens with one attached hydrogen (secondary N) is 1. The topological polar surface area (TPSA) is 49.4 Å². The first-order valence-electron chi connectivity index (χ1n) is 5.92. The molecule has 0 aromatic heterocycles. The van der Waals surface area contributed by atoms with E-state index >= 15 is 0 Å². The van der Waals surface area contributed by atoms with Crippen molar-refractivity contribution in [2.24, 2.45) is 0 Å². The molecule has 0 atom stereocenters. The van der Waals surface area contributed by atoms with Crippen LogP contribution in [0.3, 0.4) is 0 Å². The largest absolute Gasteiger partial charge is 0.313 e. The van der Waals surface area contributed by atoms with Crippen LogP contribution < -0.4 is 5.32 Å². The highest BCUT2D eigenvalue weighted by atomic mass is 32.2. The fraction of sp³-hybridized carbons (Fsp3) is 0.500. The smallest absolute Gasteiger partial charge is 0.252 e. The third kappa shape index (κ3) is 4.22. The van der Waals surface area contributed by atoms with Crippen molar-refractivity contribution >= 4 is 10.0 Å². The molecule has 0 aliphatic rings. The van der Waals surface area contributed by atoms with Crippen molar-refractivity contribution in [3.05, 3.63) is 29.8 Å². The normalized spacial score (nSPS) is 12.3. The van der Waals surface area contributed by atoms with E-state index in [1.807, 2.05) is 6.92 Å². The first-order chi connectivity index (χ1) is 8.89. The van der Waals surface area contributed by atoms with E-state index in [1.54, 1.807) is 18.2 Å². The van der Waals surface area contributed by atoms with Crippen LogP contribution in [0.5, 0.6) is 0 Å². The molecule has 0 saturated heterocycles. The predicted molar refractivity (Wildman–Crippen MR) is 69.6 cm³/mol. The molecule has 0 spiro atoms. The van der Waals surface area contributed by atoms with Crippen LogP contribution in [0.25, 0.3) is 0 Å². The van der Waals surface area contributed by atoms with Gasteiger partial charge in [-0.25, -0.2) is 17.2 Å². The summed E-state index contributed by atoms with van der Waals surface area (Å²) in [6.45, 7) is 2.17. The zero-order chi connectivity index (χ0) is 14.5. The number of rotatable bonds is 7. The van der Waals surface area contributed by atoms with E-state index in [0.717, 1.165) is 7.05 Å². The van der Waals surface area contributed by atoms with Crippen molar-refractivity contribution in [2.75, 3.05) is 20.1 Å². The minimum absolute atomic E-state index is 0.0686. The number of hydrogen-bond acceptors (Lipinski definition) is 3. The molecule has 1 N–H and O–H groups in total. The van der Waals surface area contributed by atoms with Gasteiger partial charge in [-0.1, -0.05) is 25.1 Å². The zero-order valence-corrected chi connectivity index (χ0v) is 11.8.